The largest absolute Gasteiger partial charge is 0.366 e. The molecule has 0 radical (unpaired) electrons. The van der Waals surface area contributed by atoms with Gasteiger partial charge in [0.25, 0.3) is 0 Å². The van der Waals surface area contributed by atoms with Crippen LogP contribution in [0.3, 0.4) is 0 Å². The number of carbonyl (C=O) groups excluding carboxylic acids is 2. The number of nitrogens with zero attached hydrogens (tertiary/aromatic N) is 1. The first-order chi connectivity index (χ1) is 13.4. The highest BCUT2D eigenvalue weighted by Crippen LogP contribution is 2.26. The number of rotatable bonds is 7. The van der Waals surface area contributed by atoms with Crippen molar-refractivity contribution >= 4 is 21.8 Å². The predicted octanol–water partition coefficient (Wildman–Crippen LogP) is 1.30. The molecular weight excluding hydrogens is 378 g/mol. The molecule has 2 amide bonds. The number of hydrogen-bond acceptors (Lipinski definition) is 4. The maximum Gasteiger partial charge on any atom is 0.248 e. The zero-order chi connectivity index (χ0) is 20.1. The summed E-state index contributed by atoms with van der Waals surface area (Å²) in [5.41, 5.74) is 6.56. The lowest BCUT2D eigenvalue weighted by Gasteiger charge is -2.23. The fourth-order valence-electron chi connectivity index (χ4n) is 3.35. The van der Waals surface area contributed by atoms with Gasteiger partial charge in [-0.05, 0) is 49.1 Å². The van der Waals surface area contributed by atoms with Gasteiger partial charge in [0.15, 0.2) is 0 Å². The summed E-state index contributed by atoms with van der Waals surface area (Å²) < 4.78 is 27.0. The van der Waals surface area contributed by atoms with Crippen LogP contribution in [0.4, 0.5) is 0 Å². The Morgan fingerprint density at radius 2 is 1.86 bits per heavy atom. The third-order valence-electron chi connectivity index (χ3n) is 4.78. The smallest absolute Gasteiger partial charge is 0.248 e. The molecule has 1 saturated heterocycles. The van der Waals surface area contributed by atoms with E-state index in [9.17, 15) is 18.0 Å². The molecule has 7 nitrogen and oxygen atoms in total. The first-order valence-electron chi connectivity index (χ1n) is 9.13. The van der Waals surface area contributed by atoms with E-state index in [1.165, 1.54) is 16.4 Å². The van der Waals surface area contributed by atoms with E-state index in [2.05, 4.69) is 5.32 Å². The van der Waals surface area contributed by atoms with Crippen LogP contribution in [0.5, 0.6) is 0 Å². The van der Waals surface area contributed by atoms with Gasteiger partial charge in [0.1, 0.15) is 6.04 Å². The van der Waals surface area contributed by atoms with Crippen LogP contribution in [0, 0.1) is 0 Å². The van der Waals surface area contributed by atoms with E-state index >= 15 is 0 Å². The second kappa shape index (κ2) is 8.53. The Morgan fingerprint density at radius 3 is 2.57 bits per heavy atom. The van der Waals surface area contributed by atoms with Crippen LogP contribution in [-0.2, 0) is 21.2 Å². The number of sulfonamides is 1. The van der Waals surface area contributed by atoms with Gasteiger partial charge in [-0.3, -0.25) is 9.59 Å². The number of hydrogen-bond donors (Lipinski definition) is 2. The number of benzene rings is 2. The van der Waals surface area contributed by atoms with Crippen LogP contribution in [0.1, 0.15) is 28.8 Å². The molecule has 0 saturated carbocycles. The Morgan fingerprint density at radius 1 is 1.11 bits per heavy atom. The predicted molar refractivity (Wildman–Crippen MR) is 105 cm³/mol. The molecule has 148 valence electrons. The van der Waals surface area contributed by atoms with E-state index in [1.807, 2.05) is 6.07 Å². The molecule has 1 aliphatic heterocycles. The molecule has 2 aromatic rings. The molecule has 3 rings (SSSR count). The van der Waals surface area contributed by atoms with Crippen molar-refractivity contribution in [3.63, 3.8) is 0 Å². The lowest BCUT2D eigenvalue weighted by atomic mass is 10.1. The highest BCUT2D eigenvalue weighted by Gasteiger charge is 2.39. The molecule has 3 N–H and O–H groups in total. The van der Waals surface area contributed by atoms with Crippen molar-refractivity contribution in [2.24, 2.45) is 5.73 Å². The Hall–Kier alpha value is -2.71. The van der Waals surface area contributed by atoms with Crippen LogP contribution in [0.25, 0.3) is 0 Å². The fourth-order valence-corrected chi connectivity index (χ4v) is 5.02. The van der Waals surface area contributed by atoms with Crippen molar-refractivity contribution in [2.45, 2.75) is 30.2 Å². The first kappa shape index (κ1) is 20.0. The minimum Gasteiger partial charge on any atom is -0.366 e. The SMILES string of the molecule is NC(=O)c1cccc(CCNC(=O)C2CCCN2S(=O)(=O)c2ccccc2)c1. The van der Waals surface area contributed by atoms with Gasteiger partial charge in [0.2, 0.25) is 21.8 Å². The van der Waals surface area contributed by atoms with E-state index in [1.54, 1.807) is 36.4 Å². The first-order valence-corrected chi connectivity index (χ1v) is 10.6. The molecule has 1 aliphatic rings. The second-order valence-corrected chi connectivity index (χ2v) is 8.58. The van der Waals surface area contributed by atoms with Crippen molar-refractivity contribution < 1.29 is 18.0 Å². The summed E-state index contributed by atoms with van der Waals surface area (Å²) in [4.78, 5) is 24.0. The summed E-state index contributed by atoms with van der Waals surface area (Å²) in [6, 6.07) is 14.4. The summed E-state index contributed by atoms with van der Waals surface area (Å²) in [7, 11) is -3.70. The van der Waals surface area contributed by atoms with Gasteiger partial charge >= 0.3 is 0 Å². The van der Waals surface area contributed by atoms with E-state index < -0.39 is 22.0 Å². The maximum absolute atomic E-state index is 12.8. The van der Waals surface area contributed by atoms with Crippen molar-refractivity contribution in [2.75, 3.05) is 13.1 Å². The highest BCUT2D eigenvalue weighted by atomic mass is 32.2. The van der Waals surface area contributed by atoms with Gasteiger partial charge in [0.05, 0.1) is 4.90 Å². The highest BCUT2D eigenvalue weighted by molar-refractivity contribution is 7.89. The van der Waals surface area contributed by atoms with Gasteiger partial charge in [-0.1, -0.05) is 30.3 Å². The van der Waals surface area contributed by atoms with E-state index in [0.29, 0.717) is 37.9 Å². The molecule has 0 aromatic heterocycles. The zero-order valence-electron chi connectivity index (χ0n) is 15.4. The molecule has 8 heteroatoms. The Kier molecular flexibility index (Phi) is 6.11. The van der Waals surface area contributed by atoms with Crippen LogP contribution in [0.2, 0.25) is 0 Å². The second-order valence-electron chi connectivity index (χ2n) is 6.69. The van der Waals surface area contributed by atoms with Crippen molar-refractivity contribution in [3.8, 4) is 0 Å². The molecule has 0 spiro atoms. The molecule has 0 aliphatic carbocycles. The minimum atomic E-state index is -3.70. The van der Waals surface area contributed by atoms with Gasteiger partial charge in [-0.25, -0.2) is 8.42 Å². The molecule has 2 aromatic carbocycles. The molecule has 0 bridgehead atoms. The standard InChI is InChI=1S/C20H23N3O4S/c21-19(24)16-7-4-6-15(14-16)11-12-22-20(25)18-10-5-13-23(18)28(26,27)17-8-2-1-3-9-17/h1-4,6-9,14,18H,5,10-13H2,(H2,21,24)(H,22,25). The molecule has 1 atom stereocenters. The Labute approximate surface area is 164 Å². The third kappa shape index (κ3) is 4.40. The average Bonchev–Trinajstić information content (AvgIpc) is 3.20. The third-order valence-corrected chi connectivity index (χ3v) is 6.70. The number of amides is 2. The fraction of sp³-hybridized carbons (Fsp3) is 0.300. The lowest BCUT2D eigenvalue weighted by molar-refractivity contribution is -0.124. The molecule has 28 heavy (non-hydrogen) atoms. The van der Waals surface area contributed by atoms with E-state index in [0.717, 1.165) is 5.56 Å². The van der Waals surface area contributed by atoms with E-state index in [4.69, 9.17) is 5.73 Å². The quantitative estimate of drug-likeness (QED) is 0.729. The minimum absolute atomic E-state index is 0.193. The monoisotopic (exact) mass is 401 g/mol. The average molecular weight is 401 g/mol. The van der Waals surface area contributed by atoms with Gasteiger partial charge in [-0.2, -0.15) is 4.31 Å². The van der Waals surface area contributed by atoms with Crippen molar-refractivity contribution in [3.05, 3.63) is 65.7 Å². The van der Waals surface area contributed by atoms with Crippen LogP contribution in [-0.4, -0.2) is 43.7 Å². The van der Waals surface area contributed by atoms with Crippen LogP contribution < -0.4 is 11.1 Å². The topological polar surface area (TPSA) is 110 Å². The Bertz CT molecular complexity index is 960. The van der Waals surface area contributed by atoms with Crippen molar-refractivity contribution in [1.29, 1.82) is 0 Å². The summed E-state index contributed by atoms with van der Waals surface area (Å²) in [6.07, 6.45) is 1.66. The summed E-state index contributed by atoms with van der Waals surface area (Å²) >= 11 is 0. The van der Waals surface area contributed by atoms with Gasteiger partial charge < -0.3 is 11.1 Å². The lowest BCUT2D eigenvalue weighted by Crippen LogP contribution is -2.46. The summed E-state index contributed by atoms with van der Waals surface area (Å²) in [6.45, 7) is 0.673. The molecule has 1 heterocycles. The van der Waals surface area contributed by atoms with Crippen molar-refractivity contribution in [1.82, 2.24) is 9.62 Å². The number of carbonyl (C=O) groups is 2. The van der Waals surface area contributed by atoms with Crippen LogP contribution >= 0.6 is 0 Å². The Balaban J connectivity index is 1.62. The van der Waals surface area contributed by atoms with Crippen LogP contribution in [0.15, 0.2) is 59.5 Å². The van der Waals surface area contributed by atoms with Gasteiger partial charge in [-0.15, -0.1) is 0 Å². The zero-order valence-corrected chi connectivity index (χ0v) is 16.2. The number of nitrogens with one attached hydrogen (secondary N) is 1. The maximum atomic E-state index is 12.8. The molecule has 1 fully saturated rings. The van der Waals surface area contributed by atoms with Gasteiger partial charge in [0, 0.05) is 18.7 Å². The molecular formula is C20H23N3O4S. The normalized spacial score (nSPS) is 17.4. The summed E-state index contributed by atoms with van der Waals surface area (Å²) in [5.74, 6) is -0.804. The van der Waals surface area contributed by atoms with E-state index in [-0.39, 0.29) is 10.8 Å². The molecule has 1 unspecified atom stereocenters. The number of primary amides is 1. The summed E-state index contributed by atoms with van der Waals surface area (Å²) in [5, 5.41) is 2.81. The number of nitrogens with two attached hydrogens (primary N) is 1.